The average molecular weight is 361 g/mol. The van der Waals surface area contributed by atoms with Gasteiger partial charge in [0.25, 0.3) is 6.47 Å². The smallest absolute Gasteiger partial charge is 0.295 e. The van der Waals surface area contributed by atoms with Crippen molar-refractivity contribution in [3.05, 3.63) is 28.5 Å². The molecule has 9 heteroatoms. The molecule has 2 rings (SSSR count). The van der Waals surface area contributed by atoms with Crippen molar-refractivity contribution in [2.75, 3.05) is 0 Å². The Balaban J connectivity index is 2.20. The summed E-state index contributed by atoms with van der Waals surface area (Å²) < 4.78 is 4.89. The van der Waals surface area contributed by atoms with Crippen LogP contribution in [0.5, 0.6) is 0 Å². The average Bonchev–Trinajstić information content (AvgIpc) is 2.88. The largest absolute Gasteiger partial charge is 0.435 e. The van der Waals surface area contributed by atoms with Gasteiger partial charge in [-0.3, -0.25) is 4.79 Å². The number of aromatic amines is 1. The van der Waals surface area contributed by atoms with E-state index in [2.05, 4.69) is 30.6 Å². The SMILES string of the molecule is O=COC(O)[C@@H](O)[C@H](O)C(O)c1nc2cc(Br)ccc2[nH]1. The molecule has 0 aliphatic carbocycles. The number of fused-ring (bicyclic) bond motifs is 1. The fourth-order valence-electron chi connectivity index (χ4n) is 1.79. The van der Waals surface area contributed by atoms with Crippen molar-refractivity contribution in [3.63, 3.8) is 0 Å². The first-order valence-corrected chi connectivity index (χ1v) is 6.70. The van der Waals surface area contributed by atoms with Gasteiger partial charge < -0.3 is 30.1 Å². The highest BCUT2D eigenvalue weighted by Crippen LogP contribution is 2.23. The Hall–Kier alpha value is -1.52. The standard InChI is InChI=1S/C12H13BrN2O6/c13-5-1-2-6-7(3-5)15-11(14-6)9(18)8(17)10(19)12(20)21-4-16/h1-4,8-10,12,17-20H,(H,14,15)/t8-,9?,10+,12?/m1/s1. The number of imidazole rings is 1. The van der Waals surface area contributed by atoms with Crippen LogP contribution in [0.15, 0.2) is 22.7 Å². The zero-order valence-electron chi connectivity index (χ0n) is 10.5. The number of aliphatic hydroxyl groups is 4. The summed E-state index contributed by atoms with van der Waals surface area (Å²) >= 11 is 3.28. The summed E-state index contributed by atoms with van der Waals surface area (Å²) in [6, 6.07) is 5.19. The Morgan fingerprint density at radius 3 is 2.62 bits per heavy atom. The van der Waals surface area contributed by atoms with Crippen LogP contribution in [0.2, 0.25) is 0 Å². The van der Waals surface area contributed by atoms with E-state index in [0.29, 0.717) is 11.0 Å². The van der Waals surface area contributed by atoms with E-state index < -0.39 is 24.6 Å². The van der Waals surface area contributed by atoms with E-state index >= 15 is 0 Å². The molecule has 1 aromatic heterocycles. The van der Waals surface area contributed by atoms with Gasteiger partial charge in [-0.15, -0.1) is 0 Å². The second-order valence-corrected chi connectivity index (χ2v) is 5.25. The summed E-state index contributed by atoms with van der Waals surface area (Å²) in [5.74, 6) is 0.00736. The predicted molar refractivity (Wildman–Crippen MR) is 73.9 cm³/mol. The number of aromatic nitrogens is 2. The number of H-pyrrole nitrogens is 1. The predicted octanol–water partition coefficient (Wildman–Crippen LogP) is -0.428. The number of benzene rings is 1. The van der Waals surface area contributed by atoms with Crippen molar-refractivity contribution in [1.82, 2.24) is 9.97 Å². The monoisotopic (exact) mass is 360 g/mol. The fourth-order valence-corrected chi connectivity index (χ4v) is 2.14. The summed E-state index contributed by atoms with van der Waals surface area (Å²) in [7, 11) is 0. The molecule has 0 aliphatic heterocycles. The van der Waals surface area contributed by atoms with Crippen LogP contribution in [0.3, 0.4) is 0 Å². The Labute approximate surface area is 127 Å². The van der Waals surface area contributed by atoms with Gasteiger partial charge in [0.2, 0.25) is 6.29 Å². The number of ether oxygens (including phenoxy) is 1. The lowest BCUT2D eigenvalue weighted by Crippen LogP contribution is -2.42. The zero-order chi connectivity index (χ0) is 15.6. The highest BCUT2D eigenvalue weighted by atomic mass is 79.9. The minimum atomic E-state index is -1.95. The van der Waals surface area contributed by atoms with Crippen LogP contribution >= 0.6 is 15.9 Å². The van der Waals surface area contributed by atoms with Crippen molar-refractivity contribution in [1.29, 1.82) is 0 Å². The van der Waals surface area contributed by atoms with Crippen LogP contribution in [0.1, 0.15) is 11.9 Å². The molecule has 5 N–H and O–H groups in total. The van der Waals surface area contributed by atoms with Gasteiger partial charge in [-0.05, 0) is 18.2 Å². The maximum absolute atomic E-state index is 10.1. The van der Waals surface area contributed by atoms with E-state index in [1.54, 1.807) is 18.2 Å². The lowest BCUT2D eigenvalue weighted by molar-refractivity contribution is -0.198. The number of nitrogens with one attached hydrogen (secondary N) is 1. The molecule has 2 unspecified atom stereocenters. The Morgan fingerprint density at radius 1 is 1.24 bits per heavy atom. The molecule has 0 saturated carbocycles. The summed E-state index contributed by atoms with van der Waals surface area (Å²) in [6.45, 7) is -0.0777. The van der Waals surface area contributed by atoms with Crippen LogP contribution in [0, 0.1) is 0 Å². The summed E-state index contributed by atoms with van der Waals surface area (Å²) in [4.78, 5) is 16.9. The molecule has 0 amide bonds. The molecule has 4 atom stereocenters. The topological polar surface area (TPSA) is 136 Å². The van der Waals surface area contributed by atoms with E-state index in [4.69, 9.17) is 0 Å². The van der Waals surface area contributed by atoms with Gasteiger partial charge >= 0.3 is 0 Å². The third-order valence-corrected chi connectivity index (χ3v) is 3.40. The van der Waals surface area contributed by atoms with Gasteiger partial charge in [-0.25, -0.2) is 4.98 Å². The molecule has 0 bridgehead atoms. The quantitative estimate of drug-likeness (QED) is 0.348. The van der Waals surface area contributed by atoms with Crippen LogP contribution in [-0.4, -0.2) is 55.4 Å². The maximum atomic E-state index is 10.1. The highest BCUT2D eigenvalue weighted by Gasteiger charge is 2.33. The van der Waals surface area contributed by atoms with Crippen molar-refractivity contribution < 1.29 is 30.0 Å². The van der Waals surface area contributed by atoms with Crippen LogP contribution in [-0.2, 0) is 9.53 Å². The van der Waals surface area contributed by atoms with E-state index in [9.17, 15) is 25.2 Å². The Morgan fingerprint density at radius 2 is 1.95 bits per heavy atom. The molecule has 0 fully saturated rings. The molecular weight excluding hydrogens is 348 g/mol. The Bertz CT molecular complexity index is 633. The van der Waals surface area contributed by atoms with Crippen LogP contribution in [0.4, 0.5) is 0 Å². The molecule has 1 heterocycles. The van der Waals surface area contributed by atoms with Gasteiger partial charge in [0, 0.05) is 4.47 Å². The lowest BCUT2D eigenvalue weighted by Gasteiger charge is -2.24. The van der Waals surface area contributed by atoms with Crippen molar-refractivity contribution >= 4 is 33.4 Å². The number of hydrogen-bond acceptors (Lipinski definition) is 7. The second kappa shape index (κ2) is 6.50. The third kappa shape index (κ3) is 3.39. The molecule has 1 aromatic carbocycles. The molecule has 8 nitrogen and oxygen atoms in total. The molecule has 0 saturated heterocycles. The minimum Gasteiger partial charge on any atom is -0.435 e. The van der Waals surface area contributed by atoms with Crippen LogP contribution < -0.4 is 0 Å². The minimum absolute atomic E-state index is 0.00736. The Kier molecular flexibility index (Phi) is 4.91. The number of nitrogens with zero attached hydrogens (tertiary/aromatic N) is 1. The normalized spacial score (nSPS) is 17.2. The van der Waals surface area contributed by atoms with E-state index in [1.165, 1.54) is 0 Å². The molecule has 0 spiro atoms. The number of aliphatic hydroxyl groups excluding tert-OH is 4. The zero-order valence-corrected chi connectivity index (χ0v) is 12.1. The second-order valence-electron chi connectivity index (χ2n) is 4.33. The summed E-state index contributed by atoms with van der Waals surface area (Å²) in [6.07, 6.45) is -7.24. The maximum Gasteiger partial charge on any atom is 0.295 e. The van der Waals surface area contributed by atoms with Crippen molar-refractivity contribution in [2.24, 2.45) is 0 Å². The van der Waals surface area contributed by atoms with Gasteiger partial charge in [-0.2, -0.15) is 0 Å². The van der Waals surface area contributed by atoms with Crippen molar-refractivity contribution in [2.45, 2.75) is 24.6 Å². The third-order valence-electron chi connectivity index (χ3n) is 2.90. The van der Waals surface area contributed by atoms with E-state index in [-0.39, 0.29) is 12.3 Å². The van der Waals surface area contributed by atoms with Crippen LogP contribution in [0.25, 0.3) is 11.0 Å². The van der Waals surface area contributed by atoms with Gasteiger partial charge in [0.15, 0.2) is 0 Å². The number of hydrogen-bond donors (Lipinski definition) is 5. The molecule has 0 radical (unpaired) electrons. The first kappa shape index (κ1) is 15.9. The lowest BCUT2D eigenvalue weighted by atomic mass is 10.1. The highest BCUT2D eigenvalue weighted by molar-refractivity contribution is 9.10. The summed E-state index contributed by atoms with van der Waals surface area (Å²) in [5.41, 5.74) is 1.17. The summed E-state index contributed by atoms with van der Waals surface area (Å²) in [5, 5.41) is 38.6. The first-order chi connectivity index (χ1) is 9.93. The van der Waals surface area contributed by atoms with Gasteiger partial charge in [-0.1, -0.05) is 15.9 Å². The molecular formula is C12H13BrN2O6. The van der Waals surface area contributed by atoms with Gasteiger partial charge in [0.1, 0.15) is 24.1 Å². The molecule has 114 valence electrons. The van der Waals surface area contributed by atoms with Crippen molar-refractivity contribution in [3.8, 4) is 0 Å². The number of carbonyl (C=O) groups is 1. The number of rotatable bonds is 6. The molecule has 0 aliphatic rings. The number of carbonyl (C=O) groups excluding carboxylic acids is 1. The molecule has 2 aromatic rings. The van der Waals surface area contributed by atoms with E-state index in [1.807, 2.05) is 0 Å². The number of halogens is 1. The van der Waals surface area contributed by atoms with E-state index in [0.717, 1.165) is 4.47 Å². The first-order valence-electron chi connectivity index (χ1n) is 5.90. The fraction of sp³-hybridized carbons (Fsp3) is 0.333. The van der Waals surface area contributed by atoms with Gasteiger partial charge in [0.05, 0.1) is 11.0 Å². The molecule has 21 heavy (non-hydrogen) atoms.